The molecule has 2 atom stereocenters. The van der Waals surface area contributed by atoms with Gasteiger partial charge in [0.15, 0.2) is 0 Å². The highest BCUT2D eigenvalue weighted by Gasteiger charge is 2.33. The molecule has 6 heteroatoms. The van der Waals surface area contributed by atoms with E-state index in [0.29, 0.717) is 6.54 Å². The largest absolute Gasteiger partial charge is 0.497 e. The van der Waals surface area contributed by atoms with E-state index in [-0.39, 0.29) is 30.3 Å². The van der Waals surface area contributed by atoms with Gasteiger partial charge >= 0.3 is 0 Å². The van der Waals surface area contributed by atoms with Crippen molar-refractivity contribution in [2.24, 2.45) is 11.7 Å². The number of hydrogen-bond donors (Lipinski definition) is 1. The van der Waals surface area contributed by atoms with Gasteiger partial charge in [-0.1, -0.05) is 6.92 Å². The van der Waals surface area contributed by atoms with Crippen LogP contribution in [0.2, 0.25) is 0 Å². The number of ether oxygens (including phenoxy) is 2. The molecule has 0 aliphatic carbocycles. The van der Waals surface area contributed by atoms with Gasteiger partial charge in [0.1, 0.15) is 11.5 Å². The van der Waals surface area contributed by atoms with Crippen LogP contribution in [0.15, 0.2) is 18.2 Å². The lowest BCUT2D eigenvalue weighted by atomic mass is 10.0. The molecule has 124 valence electrons. The van der Waals surface area contributed by atoms with E-state index in [1.165, 1.54) is 0 Å². The highest BCUT2D eigenvalue weighted by atomic mass is 35.5. The number of carbonyl (C=O) groups excluding carboxylic acids is 1. The number of benzene rings is 1. The van der Waals surface area contributed by atoms with Crippen molar-refractivity contribution in [3.8, 4) is 11.5 Å². The summed E-state index contributed by atoms with van der Waals surface area (Å²) in [5.41, 5.74) is 6.64. The van der Waals surface area contributed by atoms with Crippen molar-refractivity contribution >= 4 is 18.3 Å². The molecule has 0 spiro atoms. The molecule has 1 aromatic carbocycles. The Bertz CT molecular complexity index is 510. The van der Waals surface area contributed by atoms with Gasteiger partial charge in [-0.2, -0.15) is 0 Å². The van der Waals surface area contributed by atoms with Crippen LogP contribution in [0, 0.1) is 5.92 Å². The molecule has 1 amide bonds. The topological polar surface area (TPSA) is 64.8 Å². The van der Waals surface area contributed by atoms with E-state index in [1.807, 2.05) is 30.0 Å². The second-order valence-corrected chi connectivity index (χ2v) is 5.43. The number of amides is 1. The van der Waals surface area contributed by atoms with Crippen LogP contribution in [0.1, 0.15) is 31.4 Å². The van der Waals surface area contributed by atoms with E-state index in [0.717, 1.165) is 36.4 Å². The number of nitrogens with zero attached hydrogens (tertiary/aromatic N) is 1. The summed E-state index contributed by atoms with van der Waals surface area (Å²) in [5, 5.41) is 0. The summed E-state index contributed by atoms with van der Waals surface area (Å²) in [6, 6.07) is 5.76. The summed E-state index contributed by atoms with van der Waals surface area (Å²) < 4.78 is 10.8. The number of rotatable bonds is 5. The molecular formula is C16H25ClN2O3. The maximum atomic E-state index is 12.5. The van der Waals surface area contributed by atoms with Gasteiger partial charge in [0.2, 0.25) is 5.91 Å². The fourth-order valence-corrected chi connectivity index (χ4v) is 2.84. The monoisotopic (exact) mass is 328 g/mol. The Kier molecular flexibility index (Phi) is 6.97. The molecule has 2 unspecified atom stereocenters. The fraction of sp³-hybridized carbons (Fsp3) is 0.562. The summed E-state index contributed by atoms with van der Waals surface area (Å²) >= 11 is 0. The zero-order valence-corrected chi connectivity index (χ0v) is 14.2. The summed E-state index contributed by atoms with van der Waals surface area (Å²) in [6.45, 7) is 3.02. The van der Waals surface area contributed by atoms with Gasteiger partial charge < -0.3 is 20.1 Å². The van der Waals surface area contributed by atoms with E-state index >= 15 is 0 Å². The Labute approximate surface area is 138 Å². The molecule has 0 bridgehead atoms. The van der Waals surface area contributed by atoms with Crippen LogP contribution in [0.3, 0.4) is 0 Å². The lowest BCUT2D eigenvalue weighted by Crippen LogP contribution is -2.37. The molecule has 1 aliphatic rings. The number of methoxy groups -OCH3 is 2. The van der Waals surface area contributed by atoms with Crippen molar-refractivity contribution in [1.82, 2.24) is 4.90 Å². The molecule has 2 rings (SSSR count). The number of hydrogen-bond acceptors (Lipinski definition) is 4. The molecule has 0 radical (unpaired) electrons. The van der Waals surface area contributed by atoms with Gasteiger partial charge in [0, 0.05) is 24.6 Å². The minimum Gasteiger partial charge on any atom is -0.497 e. The van der Waals surface area contributed by atoms with Gasteiger partial charge in [0.05, 0.1) is 20.3 Å². The molecular weight excluding hydrogens is 304 g/mol. The molecule has 1 saturated heterocycles. The number of carbonyl (C=O) groups is 1. The van der Waals surface area contributed by atoms with Gasteiger partial charge in [-0.3, -0.25) is 4.79 Å². The smallest absolute Gasteiger partial charge is 0.227 e. The second-order valence-electron chi connectivity index (χ2n) is 5.43. The standard InChI is InChI=1S/C16H24N2O3.ClH/c1-11(10-17)16(19)18-8-4-5-14(18)13-9-12(20-2)6-7-15(13)21-3;/h6-7,9,11,14H,4-5,8,10,17H2,1-3H3;1H. The van der Waals surface area contributed by atoms with E-state index in [4.69, 9.17) is 15.2 Å². The Hall–Kier alpha value is -1.46. The van der Waals surface area contributed by atoms with Crippen molar-refractivity contribution in [3.05, 3.63) is 23.8 Å². The van der Waals surface area contributed by atoms with Gasteiger partial charge in [-0.25, -0.2) is 0 Å². The van der Waals surface area contributed by atoms with Crippen molar-refractivity contribution < 1.29 is 14.3 Å². The van der Waals surface area contributed by atoms with E-state index in [9.17, 15) is 4.79 Å². The van der Waals surface area contributed by atoms with Crippen LogP contribution in [-0.4, -0.2) is 38.1 Å². The molecule has 1 heterocycles. The van der Waals surface area contributed by atoms with Gasteiger partial charge in [-0.05, 0) is 31.0 Å². The highest BCUT2D eigenvalue weighted by Crippen LogP contribution is 2.39. The summed E-state index contributed by atoms with van der Waals surface area (Å²) in [6.07, 6.45) is 1.93. The first-order chi connectivity index (χ1) is 10.1. The third kappa shape index (κ3) is 3.65. The van der Waals surface area contributed by atoms with Crippen LogP contribution >= 0.6 is 12.4 Å². The number of halogens is 1. The van der Waals surface area contributed by atoms with Crippen molar-refractivity contribution in [1.29, 1.82) is 0 Å². The zero-order chi connectivity index (χ0) is 15.4. The van der Waals surface area contributed by atoms with Crippen LogP contribution in [-0.2, 0) is 4.79 Å². The van der Waals surface area contributed by atoms with Gasteiger partial charge in [0.25, 0.3) is 0 Å². The minimum absolute atomic E-state index is 0. The fourth-order valence-electron chi connectivity index (χ4n) is 2.84. The normalized spacial score (nSPS) is 18.5. The molecule has 5 nitrogen and oxygen atoms in total. The SMILES string of the molecule is COc1ccc(OC)c(C2CCCN2C(=O)C(C)CN)c1.Cl. The lowest BCUT2D eigenvalue weighted by molar-refractivity contribution is -0.135. The van der Waals surface area contributed by atoms with Crippen LogP contribution in [0.25, 0.3) is 0 Å². The number of likely N-dealkylation sites (tertiary alicyclic amines) is 1. The molecule has 0 aromatic heterocycles. The predicted octanol–water partition coefficient (Wildman–Crippen LogP) is 2.38. The Morgan fingerprint density at radius 3 is 2.73 bits per heavy atom. The first kappa shape index (κ1) is 18.6. The Balaban J connectivity index is 0.00000242. The first-order valence-corrected chi connectivity index (χ1v) is 7.34. The van der Waals surface area contributed by atoms with Crippen molar-refractivity contribution in [3.63, 3.8) is 0 Å². The number of nitrogens with two attached hydrogens (primary N) is 1. The Morgan fingerprint density at radius 2 is 2.14 bits per heavy atom. The molecule has 2 N–H and O–H groups in total. The average Bonchev–Trinajstić information content (AvgIpc) is 3.01. The molecule has 0 saturated carbocycles. The Morgan fingerprint density at radius 1 is 1.41 bits per heavy atom. The molecule has 1 aliphatic heterocycles. The maximum Gasteiger partial charge on any atom is 0.227 e. The van der Waals surface area contributed by atoms with Crippen molar-refractivity contribution in [2.45, 2.75) is 25.8 Å². The molecule has 1 aromatic rings. The van der Waals surface area contributed by atoms with Gasteiger partial charge in [-0.15, -0.1) is 12.4 Å². The third-order valence-corrected chi connectivity index (χ3v) is 4.11. The maximum absolute atomic E-state index is 12.5. The van der Waals surface area contributed by atoms with E-state index in [1.54, 1.807) is 14.2 Å². The van der Waals surface area contributed by atoms with Crippen LogP contribution in [0.4, 0.5) is 0 Å². The van der Waals surface area contributed by atoms with Crippen molar-refractivity contribution in [2.75, 3.05) is 27.3 Å². The summed E-state index contributed by atoms with van der Waals surface area (Å²) in [4.78, 5) is 14.4. The summed E-state index contributed by atoms with van der Waals surface area (Å²) in [5.74, 6) is 1.53. The second kappa shape index (κ2) is 8.25. The molecule has 22 heavy (non-hydrogen) atoms. The van der Waals surface area contributed by atoms with E-state index < -0.39 is 0 Å². The average molecular weight is 329 g/mol. The zero-order valence-electron chi connectivity index (χ0n) is 13.4. The molecule has 1 fully saturated rings. The third-order valence-electron chi connectivity index (χ3n) is 4.11. The minimum atomic E-state index is -0.151. The quantitative estimate of drug-likeness (QED) is 0.901. The lowest BCUT2D eigenvalue weighted by Gasteiger charge is -2.28. The van der Waals surface area contributed by atoms with Crippen LogP contribution in [0.5, 0.6) is 11.5 Å². The summed E-state index contributed by atoms with van der Waals surface area (Å²) in [7, 11) is 3.29. The highest BCUT2D eigenvalue weighted by molar-refractivity contribution is 5.85. The van der Waals surface area contributed by atoms with E-state index in [2.05, 4.69) is 0 Å². The first-order valence-electron chi connectivity index (χ1n) is 7.34. The predicted molar refractivity (Wildman–Crippen MR) is 88.7 cm³/mol. The van der Waals surface area contributed by atoms with Crippen LogP contribution < -0.4 is 15.2 Å².